The highest BCUT2D eigenvalue weighted by atomic mass is 32.2. The number of aliphatic hydroxyl groups is 1. The summed E-state index contributed by atoms with van der Waals surface area (Å²) >= 11 is 0. The Labute approximate surface area is 192 Å². The monoisotopic (exact) mass is 472 g/mol. The predicted octanol–water partition coefficient (Wildman–Crippen LogP) is 2.59. The molecule has 9 heteroatoms. The number of carbonyl (C=O) groups is 1. The Kier molecular flexibility index (Phi) is 6.52. The normalized spacial score (nSPS) is 14.1. The summed E-state index contributed by atoms with van der Waals surface area (Å²) in [5.41, 5.74) is 2.46. The molecule has 2 aromatic carbocycles. The summed E-state index contributed by atoms with van der Waals surface area (Å²) in [5, 5.41) is 21.1. The lowest BCUT2D eigenvalue weighted by Crippen LogP contribution is -2.49. The number of fused-ring (bicyclic) bond motifs is 1. The number of benzene rings is 2. The third kappa shape index (κ3) is 5.00. The minimum absolute atomic E-state index is 0.0203. The van der Waals surface area contributed by atoms with Crippen molar-refractivity contribution >= 4 is 26.5 Å². The molecule has 1 heterocycles. The van der Waals surface area contributed by atoms with Gasteiger partial charge in [-0.1, -0.05) is 24.3 Å². The number of sulfone groups is 1. The number of nitrogens with zero attached hydrogens (tertiary/aromatic N) is 1. The number of aryl methyl sites for hydroxylation is 1. The number of pyridine rings is 1. The van der Waals surface area contributed by atoms with Crippen LogP contribution in [0.1, 0.15) is 32.8 Å². The van der Waals surface area contributed by atoms with Gasteiger partial charge in [0.2, 0.25) is 0 Å². The van der Waals surface area contributed by atoms with Gasteiger partial charge < -0.3 is 9.67 Å². The van der Waals surface area contributed by atoms with E-state index in [2.05, 4.69) is 0 Å². The highest BCUT2D eigenvalue weighted by Gasteiger charge is 2.43. The van der Waals surface area contributed by atoms with Crippen molar-refractivity contribution in [1.29, 1.82) is 0 Å². The van der Waals surface area contributed by atoms with Crippen LogP contribution in [0.15, 0.2) is 59.5 Å². The zero-order chi connectivity index (χ0) is 24.6. The first-order valence-corrected chi connectivity index (χ1v) is 12.3. The molecular weight excluding hydrogens is 444 g/mol. The van der Waals surface area contributed by atoms with Gasteiger partial charge in [-0.05, 0) is 72.9 Å². The molecule has 1 unspecified atom stereocenters. The Morgan fingerprint density at radius 1 is 1.00 bits per heavy atom. The van der Waals surface area contributed by atoms with Crippen LogP contribution in [0, 0.1) is 0 Å². The van der Waals surface area contributed by atoms with Gasteiger partial charge in [0.05, 0.1) is 5.60 Å². The zero-order valence-corrected chi connectivity index (χ0v) is 19.8. The maximum Gasteiger partial charge on any atom is 0.264 e. The Bertz CT molecular complexity index is 1370. The van der Waals surface area contributed by atoms with Crippen LogP contribution in [-0.4, -0.2) is 40.2 Å². The van der Waals surface area contributed by atoms with E-state index in [1.165, 1.54) is 23.0 Å². The van der Waals surface area contributed by atoms with E-state index in [0.717, 1.165) is 28.2 Å². The summed E-state index contributed by atoms with van der Waals surface area (Å²) in [7, 11) is -3.85. The van der Waals surface area contributed by atoms with Crippen LogP contribution in [0.2, 0.25) is 0 Å². The van der Waals surface area contributed by atoms with Gasteiger partial charge in [-0.3, -0.25) is 14.8 Å². The van der Waals surface area contributed by atoms with Crippen LogP contribution in [0.4, 0.5) is 0 Å². The standard InChI is InChI=1S/C24H28N2O6S/c1-23(2,29)20-8-7-17-13-16(5-6-18(17)14-20)19-9-11-26(21(27)15-19)12-10-24(3,22(28)25-30)33(4,31)32/h5-9,11,13-15,29-30H,10,12H2,1-4H3,(H,25,28). The quantitative estimate of drug-likeness (QED) is 0.358. The number of hydroxylamine groups is 1. The van der Waals surface area contributed by atoms with Gasteiger partial charge in [0.15, 0.2) is 14.6 Å². The first-order valence-electron chi connectivity index (χ1n) is 10.4. The zero-order valence-electron chi connectivity index (χ0n) is 19.0. The highest BCUT2D eigenvalue weighted by molar-refractivity contribution is 7.92. The van der Waals surface area contributed by atoms with E-state index < -0.39 is 26.1 Å². The van der Waals surface area contributed by atoms with E-state index in [0.29, 0.717) is 5.56 Å². The second-order valence-electron chi connectivity index (χ2n) is 8.98. The number of nitrogens with one attached hydrogen (secondary N) is 1. The first kappa shape index (κ1) is 24.6. The van der Waals surface area contributed by atoms with E-state index in [1.54, 1.807) is 26.1 Å². The van der Waals surface area contributed by atoms with E-state index in [-0.39, 0.29) is 18.5 Å². The molecule has 0 aliphatic rings. The van der Waals surface area contributed by atoms with Gasteiger partial charge in [0.1, 0.15) is 0 Å². The number of hydrogen-bond acceptors (Lipinski definition) is 6. The summed E-state index contributed by atoms with van der Waals surface area (Å²) < 4.78 is 23.7. The fraction of sp³-hybridized carbons (Fsp3) is 0.333. The van der Waals surface area contributed by atoms with Crippen LogP contribution >= 0.6 is 0 Å². The first-order chi connectivity index (χ1) is 15.3. The van der Waals surface area contributed by atoms with Crippen molar-refractivity contribution in [3.05, 3.63) is 70.6 Å². The average molecular weight is 473 g/mol. The van der Waals surface area contributed by atoms with Crippen molar-refractivity contribution in [2.75, 3.05) is 6.26 Å². The van der Waals surface area contributed by atoms with Crippen molar-refractivity contribution in [2.45, 2.75) is 44.1 Å². The van der Waals surface area contributed by atoms with Gasteiger partial charge in [-0.15, -0.1) is 0 Å². The molecule has 1 atom stereocenters. The lowest BCUT2D eigenvalue weighted by atomic mass is 9.94. The minimum Gasteiger partial charge on any atom is -0.386 e. The van der Waals surface area contributed by atoms with Crippen LogP contribution in [-0.2, 0) is 26.8 Å². The molecule has 0 bridgehead atoms. The molecule has 0 aliphatic heterocycles. The lowest BCUT2D eigenvalue weighted by molar-refractivity contribution is -0.131. The molecule has 3 aromatic rings. The van der Waals surface area contributed by atoms with Gasteiger partial charge in [-0.25, -0.2) is 13.9 Å². The summed E-state index contributed by atoms with van der Waals surface area (Å²) in [5.74, 6) is -1.04. The Morgan fingerprint density at radius 2 is 1.61 bits per heavy atom. The Hall–Kier alpha value is -3.01. The maximum absolute atomic E-state index is 12.7. The molecule has 0 radical (unpaired) electrons. The van der Waals surface area contributed by atoms with E-state index >= 15 is 0 Å². The summed E-state index contributed by atoms with van der Waals surface area (Å²) in [4.78, 5) is 24.6. The van der Waals surface area contributed by atoms with Crippen molar-refractivity contribution in [3.63, 3.8) is 0 Å². The second kappa shape index (κ2) is 8.74. The van der Waals surface area contributed by atoms with E-state index in [4.69, 9.17) is 5.21 Å². The fourth-order valence-electron chi connectivity index (χ4n) is 3.60. The predicted molar refractivity (Wildman–Crippen MR) is 127 cm³/mol. The number of aromatic nitrogens is 1. The van der Waals surface area contributed by atoms with E-state index in [1.807, 2.05) is 36.4 Å². The van der Waals surface area contributed by atoms with Gasteiger partial charge in [-0.2, -0.15) is 0 Å². The van der Waals surface area contributed by atoms with Gasteiger partial charge in [0.25, 0.3) is 11.5 Å². The molecule has 3 rings (SSSR count). The average Bonchev–Trinajstić information content (AvgIpc) is 2.75. The molecule has 176 valence electrons. The molecule has 33 heavy (non-hydrogen) atoms. The summed E-state index contributed by atoms with van der Waals surface area (Å²) in [6.07, 6.45) is 2.29. The van der Waals surface area contributed by atoms with Gasteiger partial charge in [0, 0.05) is 25.1 Å². The van der Waals surface area contributed by atoms with Crippen LogP contribution < -0.4 is 11.0 Å². The second-order valence-corrected chi connectivity index (χ2v) is 11.4. The minimum atomic E-state index is -3.85. The Balaban J connectivity index is 1.88. The van der Waals surface area contributed by atoms with E-state index in [9.17, 15) is 23.1 Å². The molecule has 0 aliphatic carbocycles. The van der Waals surface area contributed by atoms with Crippen molar-refractivity contribution in [1.82, 2.24) is 10.0 Å². The SMILES string of the molecule is CC(C)(O)c1ccc2cc(-c3ccn(CCC(C)(C(=O)NO)S(C)(=O)=O)c(=O)c3)ccc2c1. The molecule has 8 nitrogen and oxygen atoms in total. The molecule has 0 saturated carbocycles. The largest absolute Gasteiger partial charge is 0.386 e. The van der Waals surface area contributed by atoms with Crippen molar-refractivity contribution in [2.24, 2.45) is 0 Å². The molecule has 0 saturated heterocycles. The lowest BCUT2D eigenvalue weighted by Gasteiger charge is -2.25. The number of hydrogen-bond donors (Lipinski definition) is 3. The smallest absolute Gasteiger partial charge is 0.264 e. The van der Waals surface area contributed by atoms with Crippen LogP contribution in [0.3, 0.4) is 0 Å². The third-order valence-electron chi connectivity index (χ3n) is 6.11. The van der Waals surface area contributed by atoms with Crippen LogP contribution in [0.25, 0.3) is 21.9 Å². The third-order valence-corrected chi connectivity index (χ3v) is 8.13. The fourth-order valence-corrected chi connectivity index (χ4v) is 4.44. The van der Waals surface area contributed by atoms with Crippen molar-refractivity contribution in [3.8, 4) is 11.1 Å². The Morgan fingerprint density at radius 3 is 2.18 bits per heavy atom. The molecule has 1 aromatic heterocycles. The highest BCUT2D eigenvalue weighted by Crippen LogP contribution is 2.28. The topological polar surface area (TPSA) is 126 Å². The van der Waals surface area contributed by atoms with Gasteiger partial charge >= 0.3 is 0 Å². The summed E-state index contributed by atoms with van der Waals surface area (Å²) in [6.45, 7) is 4.65. The molecular formula is C24H28N2O6S. The number of amides is 1. The van der Waals surface area contributed by atoms with Crippen LogP contribution in [0.5, 0.6) is 0 Å². The maximum atomic E-state index is 12.7. The number of carbonyl (C=O) groups excluding carboxylic acids is 1. The molecule has 1 amide bonds. The number of rotatable bonds is 7. The van der Waals surface area contributed by atoms with Crippen molar-refractivity contribution < 1.29 is 23.5 Å². The summed E-state index contributed by atoms with van der Waals surface area (Å²) in [6, 6.07) is 14.7. The molecule has 3 N–H and O–H groups in total. The molecule has 0 spiro atoms. The molecule has 0 fully saturated rings.